The van der Waals surface area contributed by atoms with Gasteiger partial charge in [0.25, 0.3) is 0 Å². The number of amides is 1. The topological polar surface area (TPSA) is 55.1 Å². The van der Waals surface area contributed by atoms with Crippen LogP contribution in [0.5, 0.6) is 0 Å². The highest BCUT2D eigenvalue weighted by Crippen LogP contribution is 2.21. The highest BCUT2D eigenvalue weighted by atomic mass is 79.9. The number of carbonyl (C=O) groups is 1. The minimum atomic E-state index is -0.259. The first-order valence-corrected chi connectivity index (χ1v) is 5.95. The lowest BCUT2D eigenvalue weighted by Crippen LogP contribution is -2.30. The van der Waals surface area contributed by atoms with E-state index in [1.54, 1.807) is 11.3 Å². The molecule has 1 aromatic rings. The fourth-order valence-electron chi connectivity index (χ4n) is 0.959. The highest BCUT2D eigenvalue weighted by Gasteiger charge is 2.07. The van der Waals surface area contributed by atoms with Crippen LogP contribution in [0, 0.1) is 5.92 Å². The fourth-order valence-corrected chi connectivity index (χ4v) is 2.41. The van der Waals surface area contributed by atoms with Crippen LogP contribution in [-0.2, 0) is 11.3 Å². The van der Waals surface area contributed by atoms with Gasteiger partial charge in [0, 0.05) is 23.9 Å². The Morgan fingerprint density at radius 1 is 1.71 bits per heavy atom. The first-order valence-electron chi connectivity index (χ1n) is 4.34. The number of carbonyl (C=O) groups excluding carboxylic acids is 1. The van der Waals surface area contributed by atoms with Gasteiger partial charge in [0.1, 0.15) is 0 Å². The second kappa shape index (κ2) is 5.48. The lowest BCUT2D eigenvalue weighted by molar-refractivity contribution is -0.121. The molecule has 0 saturated carbocycles. The van der Waals surface area contributed by atoms with Crippen LogP contribution in [0.1, 0.15) is 11.8 Å². The fraction of sp³-hybridized carbons (Fsp3) is 0.444. The number of primary amides is 1. The van der Waals surface area contributed by atoms with Gasteiger partial charge in [-0.15, -0.1) is 11.3 Å². The smallest absolute Gasteiger partial charge is 0.221 e. The lowest BCUT2D eigenvalue weighted by Gasteiger charge is -2.07. The number of hydrogen-bond acceptors (Lipinski definition) is 3. The molecule has 5 heteroatoms. The van der Waals surface area contributed by atoms with E-state index in [9.17, 15) is 4.79 Å². The van der Waals surface area contributed by atoms with Gasteiger partial charge in [-0.3, -0.25) is 4.79 Å². The summed E-state index contributed by atoms with van der Waals surface area (Å²) in [5.74, 6) is -0.372. The van der Waals surface area contributed by atoms with E-state index < -0.39 is 0 Å². The van der Waals surface area contributed by atoms with Gasteiger partial charge in [0.15, 0.2) is 0 Å². The van der Waals surface area contributed by atoms with Crippen molar-refractivity contribution in [2.24, 2.45) is 11.7 Å². The van der Waals surface area contributed by atoms with Crippen LogP contribution in [0.2, 0.25) is 0 Å². The maximum Gasteiger partial charge on any atom is 0.221 e. The molecule has 78 valence electrons. The molecule has 0 aromatic carbocycles. The van der Waals surface area contributed by atoms with Crippen molar-refractivity contribution in [2.75, 3.05) is 6.54 Å². The summed E-state index contributed by atoms with van der Waals surface area (Å²) in [6, 6.07) is 4.07. The van der Waals surface area contributed by atoms with E-state index in [1.165, 1.54) is 4.88 Å². The lowest BCUT2D eigenvalue weighted by atomic mass is 10.2. The average Bonchev–Trinajstić information content (AvgIpc) is 2.51. The van der Waals surface area contributed by atoms with Crippen molar-refractivity contribution in [1.82, 2.24) is 5.32 Å². The monoisotopic (exact) mass is 276 g/mol. The Balaban J connectivity index is 2.25. The Bertz CT molecular complexity index is 314. The normalized spacial score (nSPS) is 12.7. The molecule has 0 aliphatic heterocycles. The van der Waals surface area contributed by atoms with Gasteiger partial charge in [-0.1, -0.05) is 6.92 Å². The van der Waals surface area contributed by atoms with Crippen LogP contribution in [-0.4, -0.2) is 12.5 Å². The highest BCUT2D eigenvalue weighted by molar-refractivity contribution is 9.11. The molecule has 1 rings (SSSR count). The number of rotatable bonds is 5. The third kappa shape index (κ3) is 3.77. The summed E-state index contributed by atoms with van der Waals surface area (Å²) in [4.78, 5) is 12.0. The van der Waals surface area contributed by atoms with Gasteiger partial charge in [-0.25, -0.2) is 0 Å². The molecule has 14 heavy (non-hydrogen) atoms. The van der Waals surface area contributed by atoms with Crippen molar-refractivity contribution < 1.29 is 4.79 Å². The van der Waals surface area contributed by atoms with Crippen molar-refractivity contribution in [3.05, 3.63) is 20.8 Å². The van der Waals surface area contributed by atoms with Crippen molar-refractivity contribution in [3.8, 4) is 0 Å². The summed E-state index contributed by atoms with van der Waals surface area (Å²) >= 11 is 5.08. The number of thiophene rings is 1. The SMILES string of the molecule is CC(CNCc1ccc(Br)s1)C(N)=O. The number of hydrogen-bond donors (Lipinski definition) is 2. The van der Waals surface area contributed by atoms with Crippen LogP contribution in [0.25, 0.3) is 0 Å². The maximum atomic E-state index is 10.7. The van der Waals surface area contributed by atoms with Gasteiger partial charge in [0.05, 0.1) is 3.79 Å². The Morgan fingerprint density at radius 3 is 2.93 bits per heavy atom. The molecule has 0 aliphatic carbocycles. The molecule has 0 saturated heterocycles. The quantitative estimate of drug-likeness (QED) is 0.861. The molecular formula is C9H13BrN2OS. The first-order chi connectivity index (χ1) is 6.59. The maximum absolute atomic E-state index is 10.7. The summed E-state index contributed by atoms with van der Waals surface area (Å²) in [5, 5.41) is 3.18. The average molecular weight is 277 g/mol. The van der Waals surface area contributed by atoms with E-state index in [0.29, 0.717) is 6.54 Å². The Hall–Kier alpha value is -0.390. The van der Waals surface area contributed by atoms with E-state index >= 15 is 0 Å². The van der Waals surface area contributed by atoms with E-state index in [4.69, 9.17) is 5.73 Å². The molecule has 1 amide bonds. The summed E-state index contributed by atoms with van der Waals surface area (Å²) in [6.45, 7) is 3.23. The molecule has 1 atom stereocenters. The van der Waals surface area contributed by atoms with Crippen LogP contribution >= 0.6 is 27.3 Å². The summed E-state index contributed by atoms with van der Waals surface area (Å²) in [5.41, 5.74) is 5.14. The Labute approximate surface area is 95.8 Å². The summed E-state index contributed by atoms with van der Waals surface area (Å²) < 4.78 is 1.12. The second-order valence-electron chi connectivity index (χ2n) is 3.14. The summed E-state index contributed by atoms with van der Waals surface area (Å²) in [7, 11) is 0. The molecule has 1 heterocycles. The molecule has 0 fully saturated rings. The molecular weight excluding hydrogens is 264 g/mol. The molecule has 1 aromatic heterocycles. The van der Waals surface area contributed by atoms with Crippen LogP contribution in [0.15, 0.2) is 15.9 Å². The predicted molar refractivity (Wildman–Crippen MR) is 62.1 cm³/mol. The van der Waals surface area contributed by atoms with Gasteiger partial charge < -0.3 is 11.1 Å². The number of halogens is 1. The van der Waals surface area contributed by atoms with Crippen molar-refractivity contribution >= 4 is 33.2 Å². The third-order valence-electron chi connectivity index (χ3n) is 1.86. The summed E-state index contributed by atoms with van der Waals surface area (Å²) in [6.07, 6.45) is 0. The molecule has 0 radical (unpaired) electrons. The number of nitrogens with two attached hydrogens (primary N) is 1. The zero-order valence-corrected chi connectivity index (χ0v) is 10.3. The van der Waals surface area contributed by atoms with Gasteiger partial charge in [-0.05, 0) is 28.1 Å². The van der Waals surface area contributed by atoms with Gasteiger partial charge in [0.2, 0.25) is 5.91 Å². The van der Waals surface area contributed by atoms with E-state index in [1.807, 2.05) is 13.0 Å². The number of nitrogens with one attached hydrogen (secondary N) is 1. The third-order valence-corrected chi connectivity index (χ3v) is 3.49. The van der Waals surface area contributed by atoms with Crippen LogP contribution in [0.3, 0.4) is 0 Å². The largest absolute Gasteiger partial charge is 0.369 e. The second-order valence-corrected chi connectivity index (χ2v) is 5.69. The minimum Gasteiger partial charge on any atom is -0.369 e. The van der Waals surface area contributed by atoms with Crippen LogP contribution < -0.4 is 11.1 Å². The molecule has 0 aliphatic rings. The molecule has 3 nitrogen and oxygen atoms in total. The molecule has 0 spiro atoms. The predicted octanol–water partition coefficient (Wildman–Crippen LogP) is 1.72. The van der Waals surface area contributed by atoms with Crippen molar-refractivity contribution in [1.29, 1.82) is 0 Å². The molecule has 3 N–H and O–H groups in total. The van der Waals surface area contributed by atoms with Gasteiger partial charge >= 0.3 is 0 Å². The minimum absolute atomic E-state index is 0.113. The zero-order chi connectivity index (χ0) is 10.6. The first kappa shape index (κ1) is 11.7. The van der Waals surface area contributed by atoms with Crippen molar-refractivity contribution in [2.45, 2.75) is 13.5 Å². The standard InChI is InChI=1S/C9H13BrN2OS/c1-6(9(11)13)4-12-5-7-2-3-8(10)14-7/h2-3,6,12H,4-5H2,1H3,(H2,11,13). The Morgan fingerprint density at radius 2 is 2.43 bits per heavy atom. The van der Waals surface area contributed by atoms with E-state index in [0.717, 1.165) is 10.3 Å². The molecule has 1 unspecified atom stereocenters. The van der Waals surface area contributed by atoms with E-state index in [-0.39, 0.29) is 11.8 Å². The van der Waals surface area contributed by atoms with E-state index in [2.05, 4.69) is 27.3 Å². The molecule has 0 bridgehead atoms. The van der Waals surface area contributed by atoms with Gasteiger partial charge in [-0.2, -0.15) is 0 Å². The van der Waals surface area contributed by atoms with Crippen molar-refractivity contribution in [3.63, 3.8) is 0 Å². The zero-order valence-electron chi connectivity index (χ0n) is 7.92. The Kier molecular flexibility index (Phi) is 4.57. The van der Waals surface area contributed by atoms with Crippen LogP contribution in [0.4, 0.5) is 0 Å².